The maximum absolute atomic E-state index is 5.95. The van der Waals surface area contributed by atoms with Gasteiger partial charge in [0.25, 0.3) is 0 Å². The molecule has 0 spiro atoms. The number of hydrogen-bond donors (Lipinski definition) is 1. The quantitative estimate of drug-likeness (QED) is 0.812. The molecule has 4 nitrogen and oxygen atoms in total. The molecule has 1 N–H and O–H groups in total. The van der Waals surface area contributed by atoms with Gasteiger partial charge in [-0.2, -0.15) is 0 Å². The van der Waals surface area contributed by atoms with Crippen LogP contribution in [0, 0.1) is 0 Å². The fourth-order valence-electron chi connectivity index (χ4n) is 2.38. The van der Waals surface area contributed by atoms with E-state index in [4.69, 9.17) is 4.74 Å². The Labute approximate surface area is 116 Å². The van der Waals surface area contributed by atoms with E-state index in [-0.39, 0.29) is 0 Å². The van der Waals surface area contributed by atoms with Crippen molar-refractivity contribution < 1.29 is 4.74 Å². The van der Waals surface area contributed by atoms with E-state index in [2.05, 4.69) is 28.2 Å². The van der Waals surface area contributed by atoms with Crippen LogP contribution in [0.5, 0.6) is 0 Å². The average Bonchev–Trinajstić information content (AvgIpc) is 2.48. The largest absolute Gasteiger partial charge is 0.377 e. The number of pyridine rings is 1. The molecule has 2 heterocycles. The molecule has 4 heteroatoms. The summed E-state index contributed by atoms with van der Waals surface area (Å²) in [6, 6.07) is 6.08. The van der Waals surface area contributed by atoms with Crippen LogP contribution in [-0.2, 0) is 11.3 Å². The molecular formula is C15H25N3O. The molecule has 1 aromatic rings. The van der Waals surface area contributed by atoms with Gasteiger partial charge >= 0.3 is 0 Å². The predicted molar refractivity (Wildman–Crippen MR) is 77.0 cm³/mol. The molecule has 0 bridgehead atoms. The van der Waals surface area contributed by atoms with Gasteiger partial charge in [0.2, 0.25) is 0 Å². The van der Waals surface area contributed by atoms with Gasteiger partial charge in [-0.05, 0) is 44.6 Å². The molecule has 1 aliphatic rings. The lowest BCUT2D eigenvalue weighted by Crippen LogP contribution is -2.34. The molecule has 1 aromatic heterocycles. The molecule has 0 unspecified atom stereocenters. The Hall–Kier alpha value is -0.970. The second-order valence-electron chi connectivity index (χ2n) is 5.01. The lowest BCUT2D eigenvalue weighted by atomic mass is 10.1. The number of aromatic nitrogens is 1. The molecule has 0 aromatic carbocycles. The highest BCUT2D eigenvalue weighted by Crippen LogP contribution is 2.07. The minimum atomic E-state index is 0.454. The lowest BCUT2D eigenvalue weighted by Gasteiger charge is -2.25. The van der Waals surface area contributed by atoms with Gasteiger partial charge in [0, 0.05) is 19.3 Å². The summed E-state index contributed by atoms with van der Waals surface area (Å²) in [6.45, 7) is 8.13. The van der Waals surface area contributed by atoms with Gasteiger partial charge < -0.3 is 10.1 Å². The van der Waals surface area contributed by atoms with Crippen molar-refractivity contribution in [3.05, 3.63) is 30.1 Å². The minimum absolute atomic E-state index is 0.454. The van der Waals surface area contributed by atoms with Crippen LogP contribution in [-0.4, -0.2) is 48.8 Å². The lowest BCUT2D eigenvalue weighted by molar-refractivity contribution is 0.0196. The van der Waals surface area contributed by atoms with E-state index < -0.39 is 0 Å². The molecule has 19 heavy (non-hydrogen) atoms. The van der Waals surface area contributed by atoms with Crippen molar-refractivity contribution in [2.45, 2.75) is 32.4 Å². The SMILES string of the molecule is CCN(CCOC1CCNCC1)Cc1ccccn1. The molecular weight excluding hydrogens is 238 g/mol. The summed E-state index contributed by atoms with van der Waals surface area (Å²) in [7, 11) is 0. The van der Waals surface area contributed by atoms with Crippen LogP contribution >= 0.6 is 0 Å². The van der Waals surface area contributed by atoms with E-state index in [0.717, 1.165) is 57.9 Å². The van der Waals surface area contributed by atoms with Crippen molar-refractivity contribution in [3.63, 3.8) is 0 Å². The van der Waals surface area contributed by atoms with Crippen molar-refractivity contribution in [1.29, 1.82) is 0 Å². The Morgan fingerprint density at radius 2 is 2.21 bits per heavy atom. The van der Waals surface area contributed by atoms with Crippen molar-refractivity contribution in [2.75, 3.05) is 32.8 Å². The second-order valence-corrected chi connectivity index (χ2v) is 5.01. The fraction of sp³-hybridized carbons (Fsp3) is 0.667. The van der Waals surface area contributed by atoms with Crippen LogP contribution in [0.2, 0.25) is 0 Å². The van der Waals surface area contributed by atoms with E-state index in [1.165, 1.54) is 0 Å². The summed E-state index contributed by atoms with van der Waals surface area (Å²) in [5.41, 5.74) is 1.13. The standard InChI is InChI=1S/C15H25N3O/c1-2-18(13-14-5-3-4-8-17-14)11-12-19-15-6-9-16-10-7-15/h3-5,8,15-16H,2,6-7,9-13H2,1H3. The molecule has 0 radical (unpaired) electrons. The molecule has 1 aliphatic heterocycles. The number of nitrogens with zero attached hydrogens (tertiary/aromatic N) is 2. The first kappa shape index (κ1) is 14.4. The Bertz CT molecular complexity index is 339. The maximum atomic E-state index is 5.95. The number of piperidine rings is 1. The van der Waals surface area contributed by atoms with E-state index in [9.17, 15) is 0 Å². The Morgan fingerprint density at radius 3 is 2.89 bits per heavy atom. The second kappa shape index (κ2) is 8.25. The van der Waals surface area contributed by atoms with E-state index >= 15 is 0 Å². The summed E-state index contributed by atoms with van der Waals surface area (Å²) in [5.74, 6) is 0. The first-order chi connectivity index (χ1) is 9.38. The fourth-order valence-corrected chi connectivity index (χ4v) is 2.38. The molecule has 0 aliphatic carbocycles. The highest BCUT2D eigenvalue weighted by Gasteiger charge is 2.13. The van der Waals surface area contributed by atoms with E-state index in [0.29, 0.717) is 6.10 Å². The van der Waals surface area contributed by atoms with Crippen molar-refractivity contribution >= 4 is 0 Å². The van der Waals surface area contributed by atoms with Gasteiger partial charge in [0.05, 0.1) is 18.4 Å². The normalized spacial score (nSPS) is 16.9. The number of rotatable bonds is 7. The molecule has 1 saturated heterocycles. The summed E-state index contributed by atoms with van der Waals surface area (Å²) in [4.78, 5) is 6.75. The first-order valence-electron chi connectivity index (χ1n) is 7.33. The Morgan fingerprint density at radius 1 is 1.37 bits per heavy atom. The maximum Gasteiger partial charge on any atom is 0.0600 e. The molecule has 2 rings (SSSR count). The van der Waals surface area contributed by atoms with Gasteiger partial charge in [-0.3, -0.25) is 9.88 Å². The highest BCUT2D eigenvalue weighted by atomic mass is 16.5. The van der Waals surface area contributed by atoms with Crippen LogP contribution in [0.4, 0.5) is 0 Å². The van der Waals surface area contributed by atoms with Gasteiger partial charge in [-0.15, -0.1) is 0 Å². The minimum Gasteiger partial charge on any atom is -0.377 e. The smallest absolute Gasteiger partial charge is 0.0600 e. The predicted octanol–water partition coefficient (Wildman–Crippen LogP) is 1.67. The zero-order chi connectivity index (χ0) is 13.3. The third-order valence-electron chi connectivity index (χ3n) is 3.61. The molecule has 1 fully saturated rings. The first-order valence-corrected chi connectivity index (χ1v) is 7.33. The molecule has 0 amide bonds. The zero-order valence-electron chi connectivity index (χ0n) is 11.8. The van der Waals surface area contributed by atoms with Crippen molar-refractivity contribution in [1.82, 2.24) is 15.2 Å². The molecule has 0 saturated carbocycles. The van der Waals surface area contributed by atoms with Crippen molar-refractivity contribution in [2.24, 2.45) is 0 Å². The third-order valence-corrected chi connectivity index (χ3v) is 3.61. The number of nitrogens with one attached hydrogen (secondary N) is 1. The average molecular weight is 263 g/mol. The molecule has 106 valence electrons. The Balaban J connectivity index is 1.67. The number of likely N-dealkylation sites (N-methyl/N-ethyl adjacent to an activating group) is 1. The van der Waals surface area contributed by atoms with Gasteiger partial charge in [-0.1, -0.05) is 13.0 Å². The highest BCUT2D eigenvalue weighted by molar-refractivity contribution is 5.03. The summed E-state index contributed by atoms with van der Waals surface area (Å²) >= 11 is 0. The summed E-state index contributed by atoms with van der Waals surface area (Å²) in [6.07, 6.45) is 4.60. The van der Waals surface area contributed by atoms with Crippen molar-refractivity contribution in [3.8, 4) is 0 Å². The monoisotopic (exact) mass is 263 g/mol. The Kier molecular flexibility index (Phi) is 6.27. The number of hydrogen-bond acceptors (Lipinski definition) is 4. The van der Waals surface area contributed by atoms with E-state index in [1.807, 2.05) is 18.3 Å². The van der Waals surface area contributed by atoms with Crippen LogP contribution in [0.15, 0.2) is 24.4 Å². The van der Waals surface area contributed by atoms with Gasteiger partial charge in [0.15, 0.2) is 0 Å². The third kappa shape index (κ3) is 5.27. The van der Waals surface area contributed by atoms with Crippen LogP contribution in [0.3, 0.4) is 0 Å². The molecule has 0 atom stereocenters. The van der Waals surface area contributed by atoms with Crippen LogP contribution in [0.25, 0.3) is 0 Å². The summed E-state index contributed by atoms with van der Waals surface area (Å²) in [5, 5.41) is 3.36. The summed E-state index contributed by atoms with van der Waals surface area (Å²) < 4.78 is 5.95. The van der Waals surface area contributed by atoms with E-state index in [1.54, 1.807) is 0 Å². The topological polar surface area (TPSA) is 37.4 Å². The van der Waals surface area contributed by atoms with Gasteiger partial charge in [-0.25, -0.2) is 0 Å². The van der Waals surface area contributed by atoms with Crippen LogP contribution in [0.1, 0.15) is 25.5 Å². The number of ether oxygens (including phenoxy) is 1. The van der Waals surface area contributed by atoms with Gasteiger partial charge in [0.1, 0.15) is 0 Å². The van der Waals surface area contributed by atoms with Crippen LogP contribution < -0.4 is 5.32 Å². The zero-order valence-corrected chi connectivity index (χ0v) is 11.8.